The maximum atomic E-state index is 12.6. The predicted molar refractivity (Wildman–Crippen MR) is 152 cm³/mol. The van der Waals surface area contributed by atoms with Gasteiger partial charge >= 0.3 is 0 Å². The molecule has 1 heterocycles. The number of aryl methyl sites for hydroxylation is 1. The van der Waals surface area contributed by atoms with Crippen LogP contribution in [0.25, 0.3) is 0 Å². The average Bonchev–Trinajstić information content (AvgIpc) is 2.87. The van der Waals surface area contributed by atoms with Crippen LogP contribution in [-0.2, 0) is 17.9 Å². The number of hydrogen-bond acceptors (Lipinski definition) is 2. The fraction of sp³-hybridized carbons (Fsp3) is 0.625. The highest BCUT2D eigenvalue weighted by atomic mass is 16.5. The zero-order valence-electron chi connectivity index (χ0n) is 23.6. The Labute approximate surface area is 221 Å². The fourth-order valence-corrected chi connectivity index (χ4v) is 4.79. The molecule has 0 unspecified atom stereocenters. The number of unbranched alkanes of at least 4 members (excludes halogenated alkanes) is 11. The first-order valence-corrected chi connectivity index (χ1v) is 14.5. The van der Waals surface area contributed by atoms with Gasteiger partial charge in [-0.15, -0.1) is 0 Å². The highest BCUT2D eigenvalue weighted by Crippen LogP contribution is 2.30. The van der Waals surface area contributed by atoms with Gasteiger partial charge in [0.25, 0.3) is 0 Å². The molecule has 0 radical (unpaired) electrons. The number of carbonyl (C=O) groups is 1. The molecular formula is C32H51N2O2+. The van der Waals surface area contributed by atoms with Crippen molar-refractivity contribution < 1.29 is 14.1 Å². The van der Waals surface area contributed by atoms with E-state index in [1.54, 1.807) is 6.92 Å². The molecule has 0 N–H and O–H groups in total. The minimum atomic E-state index is 0.0436. The van der Waals surface area contributed by atoms with Gasteiger partial charge in [0.05, 0.1) is 18.8 Å². The molecule has 2 aromatic rings. The molecule has 1 amide bonds. The molecule has 0 spiro atoms. The second-order valence-corrected chi connectivity index (χ2v) is 10.2. The van der Waals surface area contributed by atoms with E-state index in [-0.39, 0.29) is 5.91 Å². The quantitative estimate of drug-likeness (QED) is 0.145. The maximum Gasteiger partial charge on any atom is 0.224 e. The van der Waals surface area contributed by atoms with Crippen molar-refractivity contribution in [2.75, 3.05) is 11.5 Å². The number of hydrogen-bond donors (Lipinski definition) is 0. The number of rotatable bonds is 19. The van der Waals surface area contributed by atoms with Gasteiger partial charge < -0.3 is 9.64 Å². The van der Waals surface area contributed by atoms with Crippen LogP contribution in [0.2, 0.25) is 0 Å². The van der Waals surface area contributed by atoms with Gasteiger partial charge in [-0.25, -0.2) is 4.57 Å². The molecule has 0 fully saturated rings. The zero-order chi connectivity index (χ0) is 26.0. The molecule has 1 aromatic heterocycles. The van der Waals surface area contributed by atoms with Crippen molar-refractivity contribution >= 4 is 11.6 Å². The van der Waals surface area contributed by atoms with E-state index < -0.39 is 0 Å². The number of nitrogens with zero attached hydrogens (tertiary/aromatic N) is 2. The molecule has 0 aliphatic rings. The van der Waals surface area contributed by atoms with E-state index in [1.165, 1.54) is 70.6 Å². The highest BCUT2D eigenvalue weighted by molar-refractivity contribution is 5.92. The topological polar surface area (TPSA) is 33.4 Å². The van der Waals surface area contributed by atoms with Crippen molar-refractivity contribution in [1.82, 2.24) is 0 Å². The summed E-state index contributed by atoms with van der Waals surface area (Å²) in [6, 6.07) is 10.2. The third-order valence-corrected chi connectivity index (χ3v) is 6.92. The first-order chi connectivity index (χ1) is 17.6. The summed E-state index contributed by atoms with van der Waals surface area (Å²) in [6.07, 6.45) is 21.4. The summed E-state index contributed by atoms with van der Waals surface area (Å²) in [5.74, 6) is 0.929. The molecule has 1 aromatic carbocycles. The lowest BCUT2D eigenvalue weighted by molar-refractivity contribution is -0.697. The first-order valence-electron chi connectivity index (χ1n) is 14.5. The van der Waals surface area contributed by atoms with Gasteiger partial charge in [-0.3, -0.25) is 4.79 Å². The minimum Gasteiger partial charge on any atom is -0.493 e. The molecule has 36 heavy (non-hydrogen) atoms. The van der Waals surface area contributed by atoms with Gasteiger partial charge in [0.1, 0.15) is 12.3 Å². The Balaban J connectivity index is 1.76. The van der Waals surface area contributed by atoms with Crippen LogP contribution in [-0.4, -0.2) is 12.5 Å². The largest absolute Gasteiger partial charge is 0.493 e. The molecule has 4 nitrogen and oxygen atoms in total. The number of ether oxygens (including phenoxy) is 1. The van der Waals surface area contributed by atoms with Crippen molar-refractivity contribution in [2.24, 2.45) is 0 Å². The van der Waals surface area contributed by atoms with E-state index in [9.17, 15) is 4.79 Å². The smallest absolute Gasteiger partial charge is 0.224 e. The molecule has 4 heteroatoms. The van der Waals surface area contributed by atoms with E-state index in [2.05, 4.69) is 49.9 Å². The summed E-state index contributed by atoms with van der Waals surface area (Å²) in [7, 11) is 0. The minimum absolute atomic E-state index is 0.0436. The number of carbonyl (C=O) groups excluding carboxylic acids is 1. The molecule has 0 aliphatic carbocycles. The van der Waals surface area contributed by atoms with E-state index in [0.29, 0.717) is 6.54 Å². The molecule has 0 saturated heterocycles. The summed E-state index contributed by atoms with van der Waals surface area (Å²) in [4.78, 5) is 14.4. The number of benzene rings is 1. The van der Waals surface area contributed by atoms with Crippen LogP contribution < -0.4 is 14.2 Å². The predicted octanol–water partition coefficient (Wildman–Crippen LogP) is 8.33. The van der Waals surface area contributed by atoms with Crippen molar-refractivity contribution in [3.63, 3.8) is 0 Å². The third-order valence-electron chi connectivity index (χ3n) is 6.92. The lowest BCUT2D eigenvalue weighted by atomic mass is 10.1. The van der Waals surface area contributed by atoms with Crippen LogP contribution in [0.15, 0.2) is 42.7 Å². The lowest BCUT2D eigenvalue weighted by Crippen LogP contribution is -2.35. The normalized spacial score (nSPS) is 11.0. The van der Waals surface area contributed by atoms with Gasteiger partial charge in [0.15, 0.2) is 12.4 Å². The Morgan fingerprint density at radius 3 is 2.08 bits per heavy atom. The van der Waals surface area contributed by atoms with Crippen molar-refractivity contribution in [2.45, 2.75) is 124 Å². The SMILES string of the molecule is CCCCCCCCCCCCCCOc1cccc(N(Cc2ccc[n+](CCC)c2)C(C)=O)c1C. The lowest BCUT2D eigenvalue weighted by Gasteiger charge is -2.24. The van der Waals surface area contributed by atoms with Crippen LogP contribution in [0.4, 0.5) is 5.69 Å². The van der Waals surface area contributed by atoms with Gasteiger partial charge in [-0.05, 0) is 31.5 Å². The third kappa shape index (κ3) is 11.1. The fourth-order valence-electron chi connectivity index (χ4n) is 4.79. The Morgan fingerprint density at radius 1 is 0.833 bits per heavy atom. The summed E-state index contributed by atoms with van der Waals surface area (Å²) in [6.45, 7) is 10.4. The van der Waals surface area contributed by atoms with E-state index in [4.69, 9.17) is 4.74 Å². The Morgan fingerprint density at radius 2 is 1.47 bits per heavy atom. The second kappa shape index (κ2) is 18.0. The molecule has 0 saturated carbocycles. The van der Waals surface area contributed by atoms with E-state index in [1.807, 2.05) is 23.1 Å². The monoisotopic (exact) mass is 495 g/mol. The zero-order valence-corrected chi connectivity index (χ0v) is 23.6. The van der Waals surface area contributed by atoms with Gasteiger partial charge in [0.2, 0.25) is 5.91 Å². The summed E-state index contributed by atoms with van der Waals surface area (Å²) >= 11 is 0. The van der Waals surface area contributed by atoms with Crippen molar-refractivity contribution in [3.05, 3.63) is 53.9 Å². The number of pyridine rings is 1. The maximum absolute atomic E-state index is 12.6. The second-order valence-electron chi connectivity index (χ2n) is 10.2. The highest BCUT2D eigenvalue weighted by Gasteiger charge is 2.18. The number of aromatic nitrogens is 1. The van der Waals surface area contributed by atoms with Gasteiger partial charge in [0, 0.05) is 30.5 Å². The van der Waals surface area contributed by atoms with E-state index >= 15 is 0 Å². The molecule has 2 rings (SSSR count). The molecule has 200 valence electrons. The van der Waals surface area contributed by atoms with Gasteiger partial charge in [-0.2, -0.15) is 0 Å². The van der Waals surface area contributed by atoms with Crippen LogP contribution in [0.3, 0.4) is 0 Å². The van der Waals surface area contributed by atoms with Crippen LogP contribution in [0.5, 0.6) is 5.75 Å². The molecule has 0 aliphatic heterocycles. The van der Waals surface area contributed by atoms with Crippen LogP contribution in [0.1, 0.15) is 115 Å². The average molecular weight is 496 g/mol. The van der Waals surface area contributed by atoms with Crippen molar-refractivity contribution in [1.29, 1.82) is 0 Å². The Hall–Kier alpha value is -2.36. The number of amides is 1. The summed E-state index contributed by atoms with van der Waals surface area (Å²) in [5, 5.41) is 0. The van der Waals surface area contributed by atoms with Crippen LogP contribution >= 0.6 is 0 Å². The molecule has 0 bridgehead atoms. The Kier molecular flexibility index (Phi) is 14.9. The standard InChI is InChI=1S/C32H51N2O2/c1-5-7-8-9-10-11-12-13-14-15-16-17-25-36-32-22-18-21-31(28(32)3)34(29(4)35)27-30-20-19-24-33(26-30)23-6-2/h18-22,24,26H,5-17,23,25,27H2,1-4H3/q+1. The number of anilines is 1. The summed E-state index contributed by atoms with van der Waals surface area (Å²) < 4.78 is 8.35. The van der Waals surface area contributed by atoms with Crippen molar-refractivity contribution in [3.8, 4) is 5.75 Å². The molecular weight excluding hydrogens is 444 g/mol. The molecule has 0 atom stereocenters. The Bertz CT molecular complexity index is 880. The first kappa shape index (κ1) is 29.9. The van der Waals surface area contributed by atoms with Gasteiger partial charge in [-0.1, -0.05) is 90.5 Å². The van der Waals surface area contributed by atoms with E-state index in [0.717, 1.165) is 48.6 Å². The summed E-state index contributed by atoms with van der Waals surface area (Å²) in [5.41, 5.74) is 3.09. The van der Waals surface area contributed by atoms with Crippen LogP contribution in [0, 0.1) is 6.92 Å².